The van der Waals surface area contributed by atoms with Gasteiger partial charge < -0.3 is 10.6 Å². The zero-order valence-corrected chi connectivity index (χ0v) is 17.1. The Hall–Kier alpha value is -2.99. The lowest BCUT2D eigenvalue weighted by Crippen LogP contribution is -2.29. The Morgan fingerprint density at radius 3 is 2.20 bits per heavy atom. The first-order valence-corrected chi connectivity index (χ1v) is 10.6. The SMILES string of the molecule is O=C(CCl)Nc1ccc2c(c1NC(=O)C1CCCCC1)C(=O)c1ccccc1C2=O. The number of ketones is 2. The number of amides is 2. The second kappa shape index (κ2) is 8.40. The van der Waals surface area contributed by atoms with Crippen LogP contribution in [-0.2, 0) is 9.59 Å². The molecule has 30 heavy (non-hydrogen) atoms. The number of hydrogen-bond acceptors (Lipinski definition) is 4. The van der Waals surface area contributed by atoms with Crippen LogP contribution < -0.4 is 10.6 Å². The van der Waals surface area contributed by atoms with Gasteiger partial charge in [-0.3, -0.25) is 19.2 Å². The molecule has 154 valence electrons. The van der Waals surface area contributed by atoms with Gasteiger partial charge in [0.2, 0.25) is 11.8 Å². The fourth-order valence-electron chi connectivity index (χ4n) is 4.19. The summed E-state index contributed by atoms with van der Waals surface area (Å²) in [6.07, 6.45) is 4.61. The summed E-state index contributed by atoms with van der Waals surface area (Å²) in [6.45, 7) is 0. The average molecular weight is 425 g/mol. The number of alkyl halides is 1. The van der Waals surface area contributed by atoms with Crippen LogP contribution >= 0.6 is 11.6 Å². The third-order valence-corrected chi connectivity index (χ3v) is 5.96. The Morgan fingerprint density at radius 2 is 1.53 bits per heavy atom. The highest BCUT2D eigenvalue weighted by atomic mass is 35.5. The summed E-state index contributed by atoms with van der Waals surface area (Å²) in [5.41, 5.74) is 1.34. The predicted octanol–water partition coefficient (Wildman–Crippen LogP) is 4.16. The summed E-state index contributed by atoms with van der Waals surface area (Å²) in [6, 6.07) is 9.63. The molecule has 0 saturated heterocycles. The number of rotatable bonds is 4. The lowest BCUT2D eigenvalue weighted by molar-refractivity contribution is -0.120. The van der Waals surface area contributed by atoms with E-state index < -0.39 is 5.91 Å². The molecule has 7 heteroatoms. The van der Waals surface area contributed by atoms with Crippen molar-refractivity contribution in [3.63, 3.8) is 0 Å². The first-order valence-electron chi connectivity index (χ1n) is 10.0. The number of fused-ring (bicyclic) bond motifs is 2. The maximum atomic E-state index is 13.3. The van der Waals surface area contributed by atoms with Crippen molar-refractivity contribution in [3.8, 4) is 0 Å². The lowest BCUT2D eigenvalue weighted by Gasteiger charge is -2.25. The van der Waals surface area contributed by atoms with Crippen molar-refractivity contribution in [2.75, 3.05) is 16.5 Å². The number of carbonyl (C=O) groups is 4. The molecule has 2 aromatic rings. The number of carbonyl (C=O) groups excluding carboxylic acids is 4. The number of anilines is 2. The minimum Gasteiger partial charge on any atom is -0.323 e. The van der Waals surface area contributed by atoms with E-state index in [4.69, 9.17) is 11.6 Å². The minimum absolute atomic E-state index is 0.107. The molecule has 0 radical (unpaired) electrons. The number of halogens is 1. The summed E-state index contributed by atoms with van der Waals surface area (Å²) in [5.74, 6) is -1.76. The highest BCUT2D eigenvalue weighted by Gasteiger charge is 2.34. The molecule has 2 N–H and O–H groups in total. The molecule has 0 atom stereocenters. The van der Waals surface area contributed by atoms with Crippen molar-refractivity contribution >= 4 is 46.4 Å². The van der Waals surface area contributed by atoms with Gasteiger partial charge in [-0.15, -0.1) is 11.6 Å². The summed E-state index contributed by atoms with van der Waals surface area (Å²) in [5, 5.41) is 5.48. The first-order chi connectivity index (χ1) is 14.5. The largest absolute Gasteiger partial charge is 0.323 e. The highest BCUT2D eigenvalue weighted by molar-refractivity contribution is 6.32. The van der Waals surface area contributed by atoms with E-state index in [1.165, 1.54) is 12.1 Å². The summed E-state index contributed by atoms with van der Waals surface area (Å²) < 4.78 is 0. The maximum Gasteiger partial charge on any atom is 0.239 e. The second-order valence-corrected chi connectivity index (χ2v) is 7.89. The topological polar surface area (TPSA) is 92.3 Å². The number of benzene rings is 2. The van der Waals surface area contributed by atoms with E-state index in [1.54, 1.807) is 24.3 Å². The molecule has 1 fully saturated rings. The van der Waals surface area contributed by atoms with Gasteiger partial charge in [0.1, 0.15) is 5.88 Å². The van der Waals surface area contributed by atoms with Gasteiger partial charge in [0.15, 0.2) is 11.6 Å². The predicted molar refractivity (Wildman–Crippen MR) is 114 cm³/mol. The van der Waals surface area contributed by atoms with Gasteiger partial charge in [-0.2, -0.15) is 0 Å². The molecule has 2 aliphatic carbocycles. The van der Waals surface area contributed by atoms with Crippen molar-refractivity contribution in [3.05, 3.63) is 58.7 Å². The van der Waals surface area contributed by atoms with E-state index in [9.17, 15) is 19.2 Å². The van der Waals surface area contributed by atoms with Gasteiger partial charge in [-0.05, 0) is 25.0 Å². The minimum atomic E-state index is -0.472. The molecule has 0 aromatic heterocycles. The van der Waals surface area contributed by atoms with Crippen LogP contribution in [0.3, 0.4) is 0 Å². The van der Waals surface area contributed by atoms with Crippen LogP contribution in [0.2, 0.25) is 0 Å². The van der Waals surface area contributed by atoms with Crippen LogP contribution in [0.5, 0.6) is 0 Å². The Bertz CT molecular complexity index is 1060. The van der Waals surface area contributed by atoms with Crippen LogP contribution in [-0.4, -0.2) is 29.3 Å². The molecule has 0 unspecified atom stereocenters. The molecule has 2 amide bonds. The lowest BCUT2D eigenvalue weighted by atomic mass is 9.82. The molecule has 0 bridgehead atoms. The molecule has 0 heterocycles. The third kappa shape index (κ3) is 3.63. The standard InChI is InChI=1S/C23H21ClN2O4/c24-12-18(27)25-17-11-10-16-19(20(17)26-23(30)13-6-2-1-3-7-13)22(29)15-9-5-4-8-14(15)21(16)28/h4-5,8-11,13H,1-3,6-7,12H2,(H,25,27)(H,26,30). The highest BCUT2D eigenvalue weighted by Crippen LogP contribution is 2.37. The van der Waals surface area contributed by atoms with Crippen LogP contribution in [0, 0.1) is 5.92 Å². The van der Waals surface area contributed by atoms with Gasteiger partial charge in [-0.25, -0.2) is 0 Å². The quantitative estimate of drug-likeness (QED) is 0.615. The normalized spacial score (nSPS) is 15.9. The maximum absolute atomic E-state index is 13.3. The van der Waals surface area contributed by atoms with Crippen molar-refractivity contribution < 1.29 is 19.2 Å². The van der Waals surface area contributed by atoms with Crippen LogP contribution in [0.15, 0.2) is 36.4 Å². The van der Waals surface area contributed by atoms with Crippen molar-refractivity contribution in [2.24, 2.45) is 5.92 Å². The van der Waals surface area contributed by atoms with E-state index in [1.807, 2.05) is 0 Å². The Morgan fingerprint density at radius 1 is 0.867 bits per heavy atom. The molecular weight excluding hydrogens is 404 g/mol. The monoisotopic (exact) mass is 424 g/mol. The number of nitrogens with one attached hydrogen (secondary N) is 2. The molecule has 6 nitrogen and oxygen atoms in total. The zero-order chi connectivity index (χ0) is 21.3. The summed E-state index contributed by atoms with van der Waals surface area (Å²) in [4.78, 5) is 51.2. The fraction of sp³-hybridized carbons (Fsp3) is 0.304. The molecule has 1 saturated carbocycles. The Labute approximate surface area is 179 Å². The van der Waals surface area contributed by atoms with Gasteiger partial charge in [0.25, 0.3) is 0 Å². The van der Waals surface area contributed by atoms with Gasteiger partial charge in [0, 0.05) is 22.6 Å². The molecular formula is C23H21ClN2O4. The van der Waals surface area contributed by atoms with Crippen molar-refractivity contribution in [2.45, 2.75) is 32.1 Å². The number of hydrogen-bond donors (Lipinski definition) is 2. The third-order valence-electron chi connectivity index (χ3n) is 5.71. The Balaban J connectivity index is 1.81. The van der Waals surface area contributed by atoms with E-state index in [-0.39, 0.29) is 57.3 Å². The zero-order valence-electron chi connectivity index (χ0n) is 16.3. The van der Waals surface area contributed by atoms with Crippen LogP contribution in [0.25, 0.3) is 0 Å². The van der Waals surface area contributed by atoms with Crippen molar-refractivity contribution in [1.29, 1.82) is 0 Å². The molecule has 0 aliphatic heterocycles. The summed E-state index contributed by atoms with van der Waals surface area (Å²) in [7, 11) is 0. The van der Waals surface area contributed by atoms with Crippen LogP contribution in [0.1, 0.15) is 63.9 Å². The van der Waals surface area contributed by atoms with E-state index in [0.717, 1.165) is 32.1 Å². The van der Waals surface area contributed by atoms with Crippen molar-refractivity contribution in [1.82, 2.24) is 0 Å². The fourth-order valence-corrected chi connectivity index (χ4v) is 4.26. The van der Waals surface area contributed by atoms with E-state index >= 15 is 0 Å². The van der Waals surface area contributed by atoms with E-state index in [0.29, 0.717) is 5.56 Å². The smallest absolute Gasteiger partial charge is 0.239 e. The molecule has 2 aromatic carbocycles. The molecule has 2 aliphatic rings. The van der Waals surface area contributed by atoms with Gasteiger partial charge >= 0.3 is 0 Å². The Kier molecular flexibility index (Phi) is 5.68. The first kappa shape index (κ1) is 20.3. The van der Waals surface area contributed by atoms with Crippen LogP contribution in [0.4, 0.5) is 11.4 Å². The van der Waals surface area contributed by atoms with Gasteiger partial charge in [-0.1, -0.05) is 43.5 Å². The second-order valence-electron chi connectivity index (χ2n) is 7.62. The molecule has 4 rings (SSSR count). The van der Waals surface area contributed by atoms with Gasteiger partial charge in [0.05, 0.1) is 16.9 Å². The average Bonchev–Trinajstić information content (AvgIpc) is 2.78. The molecule has 0 spiro atoms. The summed E-state index contributed by atoms with van der Waals surface area (Å²) >= 11 is 5.62. The van der Waals surface area contributed by atoms with E-state index in [2.05, 4.69) is 10.6 Å².